The SMILES string of the molecule is c1ccc(N(c2ccc3ccccc3c2)c2ccc(-c3cc(-c4ccc5oc6ccccc6c5c4)cc(-c4ccc5c(c4)c4ccccc4n5-c4ccccc4)c3)c3ccccc23)cc1. The van der Waals surface area contributed by atoms with Gasteiger partial charge < -0.3 is 13.9 Å². The van der Waals surface area contributed by atoms with E-state index in [1.54, 1.807) is 0 Å². The molecule has 65 heavy (non-hydrogen) atoms. The quantitative estimate of drug-likeness (QED) is 0.160. The molecule has 11 aromatic carbocycles. The number of furan rings is 1. The number of aromatic nitrogens is 1. The molecule has 0 bridgehead atoms. The van der Waals surface area contributed by atoms with Gasteiger partial charge >= 0.3 is 0 Å². The van der Waals surface area contributed by atoms with Crippen molar-refractivity contribution in [3.05, 3.63) is 243 Å². The van der Waals surface area contributed by atoms with Crippen LogP contribution in [0.25, 0.3) is 104 Å². The van der Waals surface area contributed by atoms with Crippen molar-refractivity contribution in [1.29, 1.82) is 0 Å². The molecule has 0 aliphatic carbocycles. The summed E-state index contributed by atoms with van der Waals surface area (Å²) in [5.41, 5.74) is 15.6. The summed E-state index contributed by atoms with van der Waals surface area (Å²) in [6, 6.07) is 88.0. The molecule has 13 aromatic rings. The van der Waals surface area contributed by atoms with E-state index in [2.05, 4.69) is 240 Å². The molecule has 304 valence electrons. The summed E-state index contributed by atoms with van der Waals surface area (Å²) in [6.07, 6.45) is 0. The van der Waals surface area contributed by atoms with Gasteiger partial charge in [0.2, 0.25) is 0 Å². The second-order valence-corrected chi connectivity index (χ2v) is 16.9. The lowest BCUT2D eigenvalue weighted by molar-refractivity contribution is 0.669. The molecule has 3 nitrogen and oxygen atoms in total. The molecule has 0 radical (unpaired) electrons. The van der Waals surface area contributed by atoms with Crippen molar-refractivity contribution < 1.29 is 4.42 Å². The molecule has 0 aliphatic heterocycles. The van der Waals surface area contributed by atoms with Gasteiger partial charge in [0, 0.05) is 44.0 Å². The fourth-order valence-electron chi connectivity index (χ4n) is 10.1. The molecule has 0 unspecified atom stereocenters. The summed E-state index contributed by atoms with van der Waals surface area (Å²) in [5, 5.41) is 9.49. The van der Waals surface area contributed by atoms with Crippen LogP contribution in [0.2, 0.25) is 0 Å². The fraction of sp³-hybridized carbons (Fsp3) is 0. The number of anilines is 3. The Labute approximate surface area is 376 Å². The average molecular weight is 829 g/mol. The van der Waals surface area contributed by atoms with Crippen LogP contribution in [0.5, 0.6) is 0 Å². The Morgan fingerprint density at radius 2 is 0.908 bits per heavy atom. The zero-order valence-electron chi connectivity index (χ0n) is 35.4. The molecule has 0 aliphatic rings. The van der Waals surface area contributed by atoms with Gasteiger partial charge in [-0.05, 0) is 147 Å². The molecule has 0 amide bonds. The summed E-state index contributed by atoms with van der Waals surface area (Å²) >= 11 is 0. The van der Waals surface area contributed by atoms with Gasteiger partial charge in [0.25, 0.3) is 0 Å². The Bertz CT molecular complexity index is 3950. The number of fused-ring (bicyclic) bond motifs is 8. The number of hydrogen-bond acceptors (Lipinski definition) is 2. The van der Waals surface area contributed by atoms with Gasteiger partial charge in [-0.1, -0.05) is 146 Å². The van der Waals surface area contributed by atoms with Gasteiger partial charge in [-0.25, -0.2) is 0 Å². The second kappa shape index (κ2) is 15.0. The van der Waals surface area contributed by atoms with Gasteiger partial charge in [-0.15, -0.1) is 0 Å². The van der Waals surface area contributed by atoms with E-state index < -0.39 is 0 Å². The molecule has 0 fully saturated rings. The molecule has 0 saturated carbocycles. The first-order valence-electron chi connectivity index (χ1n) is 22.2. The zero-order chi connectivity index (χ0) is 42.8. The van der Waals surface area contributed by atoms with Crippen LogP contribution >= 0.6 is 0 Å². The molecule has 2 heterocycles. The minimum absolute atomic E-state index is 0.891. The Balaban J connectivity index is 1.03. The maximum Gasteiger partial charge on any atom is 0.135 e. The van der Waals surface area contributed by atoms with Crippen molar-refractivity contribution in [3.8, 4) is 39.1 Å². The number of rotatable bonds is 7. The van der Waals surface area contributed by atoms with Crippen molar-refractivity contribution in [2.45, 2.75) is 0 Å². The van der Waals surface area contributed by atoms with Gasteiger partial charge in [0.05, 0.1) is 16.7 Å². The lowest BCUT2D eigenvalue weighted by Gasteiger charge is -2.28. The van der Waals surface area contributed by atoms with E-state index >= 15 is 0 Å². The first-order valence-corrected chi connectivity index (χ1v) is 22.2. The van der Waals surface area contributed by atoms with Crippen LogP contribution in [0.15, 0.2) is 247 Å². The van der Waals surface area contributed by atoms with E-state index in [-0.39, 0.29) is 0 Å². The first-order chi connectivity index (χ1) is 32.2. The van der Waals surface area contributed by atoms with Gasteiger partial charge in [0.15, 0.2) is 0 Å². The van der Waals surface area contributed by atoms with Crippen molar-refractivity contribution in [2.24, 2.45) is 0 Å². The summed E-state index contributed by atoms with van der Waals surface area (Å²) in [7, 11) is 0. The maximum atomic E-state index is 6.30. The Kier molecular flexibility index (Phi) is 8.53. The van der Waals surface area contributed by atoms with Crippen LogP contribution in [0, 0.1) is 0 Å². The molecule has 0 saturated heterocycles. The van der Waals surface area contributed by atoms with E-state index in [0.29, 0.717) is 0 Å². The predicted molar refractivity (Wildman–Crippen MR) is 274 cm³/mol. The summed E-state index contributed by atoms with van der Waals surface area (Å²) < 4.78 is 8.68. The van der Waals surface area contributed by atoms with Crippen LogP contribution in [0.4, 0.5) is 17.1 Å². The molecular weight excluding hydrogens is 789 g/mol. The Morgan fingerprint density at radius 3 is 1.72 bits per heavy atom. The lowest BCUT2D eigenvalue weighted by atomic mass is 9.90. The van der Waals surface area contributed by atoms with Crippen molar-refractivity contribution in [2.75, 3.05) is 4.90 Å². The molecule has 3 heteroatoms. The molecule has 13 rings (SSSR count). The zero-order valence-corrected chi connectivity index (χ0v) is 35.4. The Morgan fingerprint density at radius 1 is 0.308 bits per heavy atom. The van der Waals surface area contributed by atoms with E-state index in [1.165, 1.54) is 54.5 Å². The highest BCUT2D eigenvalue weighted by Crippen LogP contribution is 2.45. The molecule has 0 atom stereocenters. The monoisotopic (exact) mass is 828 g/mol. The van der Waals surface area contributed by atoms with Crippen LogP contribution in [0.3, 0.4) is 0 Å². The predicted octanol–water partition coefficient (Wildman–Crippen LogP) is 17.5. The highest BCUT2D eigenvalue weighted by atomic mass is 16.3. The highest BCUT2D eigenvalue weighted by molar-refractivity contribution is 6.12. The minimum Gasteiger partial charge on any atom is -0.456 e. The molecule has 0 N–H and O–H groups in total. The van der Waals surface area contributed by atoms with Gasteiger partial charge in [-0.3, -0.25) is 0 Å². The number of hydrogen-bond donors (Lipinski definition) is 0. The van der Waals surface area contributed by atoms with Crippen LogP contribution in [0.1, 0.15) is 0 Å². The molecule has 2 aromatic heterocycles. The van der Waals surface area contributed by atoms with Crippen LogP contribution < -0.4 is 4.90 Å². The third-order valence-electron chi connectivity index (χ3n) is 13.1. The lowest BCUT2D eigenvalue weighted by Crippen LogP contribution is -2.10. The number of nitrogens with zero attached hydrogens (tertiary/aromatic N) is 2. The number of benzene rings is 11. The van der Waals surface area contributed by atoms with E-state index in [9.17, 15) is 0 Å². The maximum absolute atomic E-state index is 6.30. The largest absolute Gasteiger partial charge is 0.456 e. The third kappa shape index (κ3) is 6.20. The van der Waals surface area contributed by atoms with Crippen molar-refractivity contribution in [1.82, 2.24) is 4.57 Å². The van der Waals surface area contributed by atoms with Gasteiger partial charge in [0.1, 0.15) is 11.2 Å². The normalized spacial score (nSPS) is 11.7. The van der Waals surface area contributed by atoms with Crippen molar-refractivity contribution in [3.63, 3.8) is 0 Å². The highest BCUT2D eigenvalue weighted by Gasteiger charge is 2.20. The molecular formula is C62H40N2O. The molecule has 0 spiro atoms. The summed E-state index contributed by atoms with van der Waals surface area (Å²) in [4.78, 5) is 2.39. The van der Waals surface area contributed by atoms with Crippen LogP contribution in [-0.2, 0) is 0 Å². The average Bonchev–Trinajstić information content (AvgIpc) is 3.92. The first kappa shape index (κ1) is 36.9. The smallest absolute Gasteiger partial charge is 0.135 e. The third-order valence-corrected chi connectivity index (χ3v) is 13.1. The summed E-state index contributed by atoms with van der Waals surface area (Å²) in [6.45, 7) is 0. The van der Waals surface area contributed by atoms with Crippen LogP contribution in [-0.4, -0.2) is 4.57 Å². The second-order valence-electron chi connectivity index (χ2n) is 16.9. The standard InChI is InChI=1S/C62H40N2O/c1-3-17-48(18-4-1)63(50-30-27-41-15-7-8-16-42(41)38-50)59-33-31-51(52-21-9-10-22-53(52)59)47-36-45(35-46(37-47)44-29-34-62-57(40-44)55-24-12-14-26-61(55)65-62)43-28-32-60-56(39-43)54-23-11-13-25-58(54)64(60)49-19-5-2-6-20-49/h1-40H. The van der Waals surface area contributed by atoms with E-state index in [1.807, 2.05) is 12.1 Å². The fourth-order valence-corrected chi connectivity index (χ4v) is 10.1. The number of para-hydroxylation sites is 4. The summed E-state index contributed by atoms with van der Waals surface area (Å²) in [5.74, 6) is 0. The topological polar surface area (TPSA) is 21.3 Å². The van der Waals surface area contributed by atoms with E-state index in [4.69, 9.17) is 4.42 Å². The van der Waals surface area contributed by atoms with Crippen molar-refractivity contribution >= 4 is 82.4 Å². The van der Waals surface area contributed by atoms with E-state index in [0.717, 1.165) is 66.9 Å². The van der Waals surface area contributed by atoms with Gasteiger partial charge in [-0.2, -0.15) is 0 Å². The minimum atomic E-state index is 0.891. The Hall–Kier alpha value is -8.66.